The Balaban J connectivity index is 1.36. The van der Waals surface area contributed by atoms with Crippen molar-refractivity contribution in [3.63, 3.8) is 0 Å². The van der Waals surface area contributed by atoms with Crippen molar-refractivity contribution in [3.8, 4) is 0 Å². The predicted octanol–water partition coefficient (Wildman–Crippen LogP) is 2.93. The van der Waals surface area contributed by atoms with Crippen LogP contribution in [-0.2, 0) is 6.54 Å². The van der Waals surface area contributed by atoms with Gasteiger partial charge in [0.15, 0.2) is 5.69 Å². The summed E-state index contributed by atoms with van der Waals surface area (Å²) in [7, 11) is 0. The number of carbonyl (C=O) groups is 1. The zero-order valence-corrected chi connectivity index (χ0v) is 15.5. The lowest BCUT2D eigenvalue weighted by molar-refractivity contribution is 0.0932. The second-order valence-electron chi connectivity index (χ2n) is 7.70. The monoisotopic (exact) mass is 371 g/mol. The van der Waals surface area contributed by atoms with Crippen LogP contribution in [0.15, 0.2) is 30.5 Å². The van der Waals surface area contributed by atoms with E-state index in [-0.39, 0.29) is 23.8 Å². The third-order valence-corrected chi connectivity index (χ3v) is 5.58. The van der Waals surface area contributed by atoms with Crippen LogP contribution >= 0.6 is 0 Å². The Bertz CT molecular complexity index is 786. The van der Waals surface area contributed by atoms with Gasteiger partial charge in [0.1, 0.15) is 5.82 Å². The molecule has 1 aliphatic heterocycles. The van der Waals surface area contributed by atoms with Crippen LogP contribution in [0.1, 0.15) is 60.6 Å². The molecule has 2 aromatic rings. The van der Waals surface area contributed by atoms with Gasteiger partial charge in [-0.2, -0.15) is 0 Å². The van der Waals surface area contributed by atoms with Crippen molar-refractivity contribution < 1.29 is 9.18 Å². The average Bonchev–Trinajstić information content (AvgIpc) is 3.34. The van der Waals surface area contributed by atoms with Gasteiger partial charge in [0, 0.05) is 19.1 Å². The number of hydrogen-bond donors (Lipinski definition) is 1. The number of halogens is 1. The minimum atomic E-state index is -0.199. The Hall–Kier alpha value is -2.28. The molecule has 27 heavy (non-hydrogen) atoms. The van der Waals surface area contributed by atoms with Crippen LogP contribution in [0.3, 0.4) is 0 Å². The molecule has 1 atom stereocenters. The number of piperidine rings is 1. The summed E-state index contributed by atoms with van der Waals surface area (Å²) in [6.45, 7) is 2.53. The number of nitrogens with one attached hydrogen (secondary N) is 1. The van der Waals surface area contributed by atoms with Gasteiger partial charge in [0.05, 0.1) is 12.2 Å². The lowest BCUT2D eigenvalue weighted by Crippen LogP contribution is -2.36. The van der Waals surface area contributed by atoms with Crippen LogP contribution in [-0.4, -0.2) is 44.9 Å². The van der Waals surface area contributed by atoms with Crippen LogP contribution < -0.4 is 5.32 Å². The summed E-state index contributed by atoms with van der Waals surface area (Å²) in [6, 6.07) is 7.22. The van der Waals surface area contributed by atoms with E-state index in [0.717, 1.165) is 50.9 Å². The normalized spacial score (nSPS) is 21.4. The highest BCUT2D eigenvalue weighted by molar-refractivity contribution is 5.92. The van der Waals surface area contributed by atoms with E-state index in [1.165, 1.54) is 18.9 Å². The van der Waals surface area contributed by atoms with Gasteiger partial charge in [-0.05, 0) is 49.9 Å². The zero-order chi connectivity index (χ0) is 18.6. The summed E-state index contributed by atoms with van der Waals surface area (Å²) < 4.78 is 15.2. The fourth-order valence-corrected chi connectivity index (χ4v) is 4.17. The lowest BCUT2D eigenvalue weighted by atomic mass is 10.0. The Kier molecular flexibility index (Phi) is 5.48. The molecule has 1 amide bonds. The van der Waals surface area contributed by atoms with Gasteiger partial charge in [-0.1, -0.05) is 30.2 Å². The molecule has 144 valence electrons. The first-order chi connectivity index (χ1) is 13.2. The molecule has 1 saturated heterocycles. The Morgan fingerprint density at radius 2 is 2.07 bits per heavy atom. The third kappa shape index (κ3) is 4.53. The van der Waals surface area contributed by atoms with Crippen LogP contribution in [0.25, 0.3) is 0 Å². The molecule has 1 N–H and O–H groups in total. The Labute approximate surface area is 158 Å². The summed E-state index contributed by atoms with van der Waals surface area (Å²) in [4.78, 5) is 14.7. The predicted molar refractivity (Wildman–Crippen MR) is 99.7 cm³/mol. The fourth-order valence-electron chi connectivity index (χ4n) is 4.17. The average molecular weight is 371 g/mol. The van der Waals surface area contributed by atoms with Crippen LogP contribution in [0.2, 0.25) is 0 Å². The molecule has 0 bridgehead atoms. The van der Waals surface area contributed by atoms with Gasteiger partial charge in [0.25, 0.3) is 5.91 Å². The highest BCUT2D eigenvalue weighted by Gasteiger charge is 2.24. The third-order valence-electron chi connectivity index (χ3n) is 5.58. The maximum Gasteiger partial charge on any atom is 0.273 e. The van der Waals surface area contributed by atoms with E-state index >= 15 is 0 Å². The molecular formula is C20H26FN5O. The largest absolute Gasteiger partial charge is 0.348 e. The van der Waals surface area contributed by atoms with Crippen LogP contribution in [0, 0.1) is 5.82 Å². The quantitative estimate of drug-likeness (QED) is 0.878. The van der Waals surface area contributed by atoms with E-state index in [4.69, 9.17) is 0 Å². The molecule has 1 aromatic heterocycles. The van der Waals surface area contributed by atoms with Crippen LogP contribution in [0.4, 0.5) is 4.39 Å². The first-order valence-corrected chi connectivity index (χ1v) is 9.87. The van der Waals surface area contributed by atoms with Gasteiger partial charge in [-0.15, -0.1) is 5.10 Å². The van der Waals surface area contributed by atoms with Crippen molar-refractivity contribution >= 4 is 5.91 Å². The molecule has 0 spiro atoms. The highest BCUT2D eigenvalue weighted by atomic mass is 19.1. The molecule has 1 aliphatic carbocycles. The molecule has 0 radical (unpaired) electrons. The summed E-state index contributed by atoms with van der Waals surface area (Å²) >= 11 is 0. The molecular weight excluding hydrogens is 345 g/mol. The van der Waals surface area contributed by atoms with Gasteiger partial charge in [0.2, 0.25) is 0 Å². The van der Waals surface area contributed by atoms with Gasteiger partial charge in [-0.3, -0.25) is 9.69 Å². The van der Waals surface area contributed by atoms with E-state index in [9.17, 15) is 9.18 Å². The minimum Gasteiger partial charge on any atom is -0.348 e. The van der Waals surface area contributed by atoms with E-state index in [0.29, 0.717) is 5.69 Å². The SMILES string of the molecule is O=C(NC1CCCC1)c1cn(C2CCCN(Cc3cccc(F)c3)C2)nn1. The first-order valence-electron chi connectivity index (χ1n) is 9.87. The molecule has 2 aliphatic rings. The highest BCUT2D eigenvalue weighted by Crippen LogP contribution is 2.23. The van der Waals surface area contributed by atoms with Crippen LogP contribution in [0.5, 0.6) is 0 Å². The van der Waals surface area contributed by atoms with E-state index in [1.54, 1.807) is 18.3 Å². The smallest absolute Gasteiger partial charge is 0.273 e. The van der Waals surface area contributed by atoms with Crippen molar-refractivity contribution in [2.75, 3.05) is 13.1 Å². The maximum atomic E-state index is 13.4. The topological polar surface area (TPSA) is 63.1 Å². The number of carbonyl (C=O) groups excluding carboxylic acids is 1. The van der Waals surface area contributed by atoms with Crippen molar-refractivity contribution in [2.45, 2.75) is 57.2 Å². The summed E-state index contributed by atoms with van der Waals surface area (Å²) in [5.41, 5.74) is 1.37. The van der Waals surface area contributed by atoms with E-state index in [2.05, 4.69) is 20.5 Å². The van der Waals surface area contributed by atoms with Gasteiger partial charge < -0.3 is 5.32 Å². The maximum absolute atomic E-state index is 13.4. The molecule has 7 heteroatoms. The number of benzene rings is 1. The second-order valence-corrected chi connectivity index (χ2v) is 7.70. The number of amides is 1. The number of rotatable bonds is 5. The first kappa shape index (κ1) is 18.1. The van der Waals surface area contributed by atoms with Gasteiger partial charge in [-0.25, -0.2) is 9.07 Å². The Morgan fingerprint density at radius 3 is 2.89 bits per heavy atom. The molecule has 1 aromatic carbocycles. The Morgan fingerprint density at radius 1 is 1.22 bits per heavy atom. The molecule has 4 rings (SSSR count). The summed E-state index contributed by atoms with van der Waals surface area (Å²) in [5, 5.41) is 11.4. The minimum absolute atomic E-state index is 0.124. The summed E-state index contributed by atoms with van der Waals surface area (Å²) in [5.74, 6) is -0.323. The molecule has 2 heterocycles. The summed E-state index contributed by atoms with van der Waals surface area (Å²) in [6.07, 6.45) is 8.29. The van der Waals surface area contributed by atoms with Crippen molar-refractivity contribution in [3.05, 3.63) is 47.5 Å². The van der Waals surface area contributed by atoms with Crippen molar-refractivity contribution in [1.29, 1.82) is 0 Å². The van der Waals surface area contributed by atoms with Crippen molar-refractivity contribution in [1.82, 2.24) is 25.2 Å². The fraction of sp³-hybridized carbons (Fsp3) is 0.550. The lowest BCUT2D eigenvalue weighted by Gasteiger charge is -2.32. The molecule has 2 fully saturated rings. The second kappa shape index (κ2) is 8.17. The molecule has 1 saturated carbocycles. The standard InChI is InChI=1S/C20H26FN5O/c21-16-6-3-5-15(11-16)12-25-10-4-9-18(13-25)26-14-19(23-24-26)20(27)22-17-7-1-2-8-17/h3,5-6,11,14,17-18H,1-2,4,7-10,12-13H2,(H,22,27). The van der Waals surface area contributed by atoms with Crippen molar-refractivity contribution in [2.24, 2.45) is 0 Å². The molecule has 6 nitrogen and oxygen atoms in total. The van der Waals surface area contributed by atoms with Gasteiger partial charge >= 0.3 is 0 Å². The number of likely N-dealkylation sites (tertiary alicyclic amines) is 1. The molecule has 1 unspecified atom stereocenters. The van der Waals surface area contributed by atoms with E-state index < -0.39 is 0 Å². The number of nitrogens with zero attached hydrogens (tertiary/aromatic N) is 4. The zero-order valence-electron chi connectivity index (χ0n) is 15.5. The number of aromatic nitrogens is 3. The van der Waals surface area contributed by atoms with E-state index in [1.807, 2.05) is 10.7 Å². The number of hydrogen-bond acceptors (Lipinski definition) is 4.